The zero-order valence-electron chi connectivity index (χ0n) is 9.66. The van der Waals surface area contributed by atoms with E-state index in [2.05, 4.69) is 5.32 Å². The number of rotatable bonds is 2. The van der Waals surface area contributed by atoms with E-state index >= 15 is 0 Å². The summed E-state index contributed by atoms with van der Waals surface area (Å²) in [5.41, 5.74) is 1.19. The fourth-order valence-corrected chi connectivity index (χ4v) is 2.19. The van der Waals surface area contributed by atoms with Gasteiger partial charge in [0.2, 0.25) is 5.91 Å². The number of hydrogen-bond donors (Lipinski definition) is 2. The van der Waals surface area contributed by atoms with E-state index in [-0.39, 0.29) is 11.9 Å². The highest BCUT2D eigenvalue weighted by molar-refractivity contribution is 5.73. The minimum absolute atomic E-state index is 0.0877. The topological polar surface area (TPSA) is 49.3 Å². The Morgan fingerprint density at radius 2 is 2.06 bits per heavy atom. The van der Waals surface area contributed by atoms with Crippen molar-refractivity contribution < 1.29 is 9.90 Å². The van der Waals surface area contributed by atoms with Crippen LogP contribution in [-0.4, -0.2) is 17.1 Å². The third kappa shape index (κ3) is 1.83. The van der Waals surface area contributed by atoms with Crippen LogP contribution in [0.3, 0.4) is 0 Å². The van der Waals surface area contributed by atoms with Gasteiger partial charge in [0, 0.05) is 6.92 Å². The van der Waals surface area contributed by atoms with Gasteiger partial charge in [-0.2, -0.15) is 0 Å². The second-order valence-corrected chi connectivity index (χ2v) is 4.58. The molecule has 1 aliphatic rings. The van der Waals surface area contributed by atoms with Gasteiger partial charge in [-0.05, 0) is 25.3 Å². The van der Waals surface area contributed by atoms with Gasteiger partial charge in [-0.15, -0.1) is 0 Å². The van der Waals surface area contributed by atoms with Crippen LogP contribution < -0.4 is 5.32 Å². The summed E-state index contributed by atoms with van der Waals surface area (Å²) >= 11 is 0. The summed E-state index contributed by atoms with van der Waals surface area (Å²) in [5.74, 6) is -0.0877. The molecule has 0 aromatic heterocycles. The number of aliphatic hydroxyl groups is 1. The molecule has 3 heteroatoms. The lowest BCUT2D eigenvalue weighted by atomic mass is 9.70. The molecule has 1 aromatic carbocycles. The van der Waals surface area contributed by atoms with Gasteiger partial charge >= 0.3 is 0 Å². The fourth-order valence-electron chi connectivity index (χ4n) is 2.19. The Balaban J connectivity index is 2.19. The van der Waals surface area contributed by atoms with Gasteiger partial charge < -0.3 is 10.4 Å². The van der Waals surface area contributed by atoms with Crippen LogP contribution in [0, 0.1) is 6.92 Å². The highest BCUT2D eigenvalue weighted by Gasteiger charge is 2.46. The van der Waals surface area contributed by atoms with Crippen LogP contribution in [0.5, 0.6) is 0 Å². The molecule has 0 aliphatic heterocycles. The Morgan fingerprint density at radius 1 is 1.44 bits per heavy atom. The molecule has 1 saturated carbocycles. The second-order valence-electron chi connectivity index (χ2n) is 4.58. The molecule has 16 heavy (non-hydrogen) atoms. The van der Waals surface area contributed by atoms with Gasteiger partial charge in [0.1, 0.15) is 5.60 Å². The molecule has 1 aromatic rings. The Kier molecular flexibility index (Phi) is 2.72. The van der Waals surface area contributed by atoms with Crippen molar-refractivity contribution in [2.24, 2.45) is 0 Å². The lowest BCUT2D eigenvalue weighted by Gasteiger charge is -2.46. The van der Waals surface area contributed by atoms with E-state index < -0.39 is 5.60 Å². The fraction of sp³-hybridized carbons (Fsp3) is 0.462. The first-order chi connectivity index (χ1) is 7.52. The maximum Gasteiger partial charge on any atom is 0.217 e. The molecule has 2 N–H and O–H groups in total. The average molecular weight is 219 g/mol. The molecular formula is C13H17NO2. The molecule has 0 radical (unpaired) electrons. The summed E-state index contributed by atoms with van der Waals surface area (Å²) in [6, 6.07) is 7.69. The number of amides is 1. The largest absolute Gasteiger partial charge is 0.383 e. The number of aryl methyl sites for hydroxylation is 1. The Morgan fingerprint density at radius 3 is 2.50 bits per heavy atom. The molecule has 2 rings (SSSR count). The Labute approximate surface area is 95.5 Å². The van der Waals surface area contributed by atoms with Gasteiger partial charge in [-0.1, -0.05) is 29.8 Å². The van der Waals surface area contributed by atoms with Crippen LogP contribution in [0.2, 0.25) is 0 Å². The lowest BCUT2D eigenvalue weighted by Crippen LogP contribution is -2.57. The molecule has 0 spiro atoms. The van der Waals surface area contributed by atoms with Crippen molar-refractivity contribution in [2.75, 3.05) is 0 Å². The lowest BCUT2D eigenvalue weighted by molar-refractivity contribution is -0.128. The molecule has 0 bridgehead atoms. The minimum atomic E-state index is -0.876. The first-order valence-corrected chi connectivity index (χ1v) is 5.59. The summed E-state index contributed by atoms with van der Waals surface area (Å²) in [6.45, 7) is 3.49. The molecular weight excluding hydrogens is 202 g/mol. The molecule has 1 fully saturated rings. The van der Waals surface area contributed by atoms with Gasteiger partial charge in [-0.25, -0.2) is 0 Å². The summed E-state index contributed by atoms with van der Waals surface area (Å²) < 4.78 is 0. The van der Waals surface area contributed by atoms with E-state index in [9.17, 15) is 9.90 Å². The van der Waals surface area contributed by atoms with Crippen molar-refractivity contribution in [3.63, 3.8) is 0 Å². The van der Waals surface area contributed by atoms with E-state index in [0.717, 1.165) is 12.0 Å². The Hall–Kier alpha value is -1.35. The third-order valence-corrected chi connectivity index (χ3v) is 3.32. The van der Waals surface area contributed by atoms with Crippen LogP contribution in [0.1, 0.15) is 30.9 Å². The van der Waals surface area contributed by atoms with E-state index in [1.807, 2.05) is 31.2 Å². The molecule has 1 aliphatic carbocycles. The van der Waals surface area contributed by atoms with E-state index in [4.69, 9.17) is 0 Å². The highest BCUT2D eigenvalue weighted by atomic mass is 16.3. The maximum absolute atomic E-state index is 11.0. The third-order valence-electron chi connectivity index (χ3n) is 3.32. The summed E-state index contributed by atoms with van der Waals surface area (Å²) in [7, 11) is 0. The first kappa shape index (κ1) is 11.1. The number of carbonyl (C=O) groups excluding carboxylic acids is 1. The maximum atomic E-state index is 11.0. The molecule has 86 valence electrons. The van der Waals surface area contributed by atoms with E-state index in [1.54, 1.807) is 0 Å². The molecule has 0 heterocycles. The predicted molar refractivity (Wildman–Crippen MR) is 61.9 cm³/mol. The number of hydrogen-bond acceptors (Lipinski definition) is 2. The van der Waals surface area contributed by atoms with Crippen molar-refractivity contribution in [3.8, 4) is 0 Å². The van der Waals surface area contributed by atoms with Crippen LogP contribution in [0.25, 0.3) is 0 Å². The van der Waals surface area contributed by atoms with Crippen LogP contribution in [-0.2, 0) is 10.4 Å². The van der Waals surface area contributed by atoms with Crippen molar-refractivity contribution in [1.82, 2.24) is 5.32 Å². The summed E-state index contributed by atoms with van der Waals surface area (Å²) in [6.07, 6.45) is 1.55. The van der Waals surface area contributed by atoms with Crippen LogP contribution in [0.4, 0.5) is 0 Å². The van der Waals surface area contributed by atoms with Crippen molar-refractivity contribution in [1.29, 1.82) is 0 Å². The van der Waals surface area contributed by atoms with Crippen LogP contribution in [0.15, 0.2) is 24.3 Å². The van der Waals surface area contributed by atoms with Gasteiger partial charge in [0.15, 0.2) is 0 Å². The molecule has 1 amide bonds. The number of nitrogens with one attached hydrogen (secondary N) is 1. The quantitative estimate of drug-likeness (QED) is 0.791. The minimum Gasteiger partial charge on any atom is -0.383 e. The first-order valence-electron chi connectivity index (χ1n) is 5.59. The van der Waals surface area contributed by atoms with Gasteiger partial charge in [0.05, 0.1) is 6.04 Å². The Bertz CT molecular complexity index is 399. The van der Waals surface area contributed by atoms with Crippen molar-refractivity contribution >= 4 is 5.91 Å². The average Bonchev–Trinajstić information content (AvgIpc) is 2.24. The van der Waals surface area contributed by atoms with Crippen molar-refractivity contribution in [2.45, 2.75) is 38.3 Å². The van der Waals surface area contributed by atoms with E-state index in [0.29, 0.717) is 6.42 Å². The van der Waals surface area contributed by atoms with E-state index in [1.165, 1.54) is 12.5 Å². The van der Waals surface area contributed by atoms with Crippen LogP contribution >= 0.6 is 0 Å². The normalized spacial score (nSPS) is 28.3. The molecule has 0 saturated heterocycles. The zero-order valence-corrected chi connectivity index (χ0v) is 9.66. The molecule has 2 unspecified atom stereocenters. The highest BCUT2D eigenvalue weighted by Crippen LogP contribution is 2.41. The van der Waals surface area contributed by atoms with Crippen molar-refractivity contribution in [3.05, 3.63) is 35.4 Å². The van der Waals surface area contributed by atoms with Gasteiger partial charge in [-0.3, -0.25) is 4.79 Å². The summed E-state index contributed by atoms with van der Waals surface area (Å²) in [5, 5.41) is 13.3. The monoisotopic (exact) mass is 219 g/mol. The number of carbonyl (C=O) groups is 1. The SMILES string of the molecule is CC(=O)NC1CCC1(O)c1ccc(C)cc1. The smallest absolute Gasteiger partial charge is 0.217 e. The molecule has 2 atom stereocenters. The molecule has 3 nitrogen and oxygen atoms in total. The number of benzene rings is 1. The predicted octanol–water partition coefficient (Wildman–Crippen LogP) is 1.48. The summed E-state index contributed by atoms with van der Waals surface area (Å²) in [4.78, 5) is 11.0. The van der Waals surface area contributed by atoms with Gasteiger partial charge in [0.25, 0.3) is 0 Å². The zero-order chi connectivity index (χ0) is 11.8. The standard InChI is InChI=1S/C13H17NO2/c1-9-3-5-11(6-4-9)13(16)8-7-12(13)14-10(2)15/h3-6,12,16H,7-8H2,1-2H3,(H,14,15). The second kappa shape index (κ2) is 3.91.